The molecule has 2 nitrogen and oxygen atoms in total. The molecule has 3 aliphatic rings. The number of nitrogens with zero attached hydrogens (tertiary/aromatic N) is 1. The number of rotatable bonds is 2. The number of carbonyl (C=O) groups excluding carboxylic acids is 1. The van der Waals surface area contributed by atoms with Crippen LogP contribution in [0.15, 0.2) is 48.5 Å². The molecule has 5 rings (SSSR count). The van der Waals surface area contributed by atoms with Crippen molar-refractivity contribution in [3.63, 3.8) is 0 Å². The Kier molecular flexibility index (Phi) is 3.82. The second-order valence-corrected chi connectivity index (χ2v) is 7.26. The number of carbonyl (C=O) groups is 1. The van der Waals surface area contributed by atoms with Gasteiger partial charge in [-0.1, -0.05) is 35.3 Å². The second kappa shape index (κ2) is 5.85. The number of hydrogen-bond acceptors (Lipinski definition) is 2. The van der Waals surface area contributed by atoms with E-state index in [9.17, 15) is 4.79 Å². The van der Waals surface area contributed by atoms with Crippen LogP contribution >= 0.6 is 23.2 Å². The summed E-state index contributed by atoms with van der Waals surface area (Å²) in [5, 5.41) is 1.45. The number of piperidine rings is 2. The Balaban J connectivity index is 1.79. The van der Waals surface area contributed by atoms with Crippen molar-refractivity contribution in [2.45, 2.75) is 31.3 Å². The van der Waals surface area contributed by atoms with E-state index in [-0.39, 0.29) is 18.0 Å². The van der Waals surface area contributed by atoms with E-state index in [0.29, 0.717) is 12.2 Å². The highest BCUT2D eigenvalue weighted by atomic mass is 35.5. The maximum Gasteiger partial charge on any atom is 0.140 e. The summed E-state index contributed by atoms with van der Waals surface area (Å²) in [6.07, 6.45) is 2.70. The Morgan fingerprint density at radius 1 is 0.870 bits per heavy atom. The fourth-order valence-corrected chi connectivity index (χ4v) is 4.30. The van der Waals surface area contributed by atoms with Gasteiger partial charge in [-0.2, -0.15) is 0 Å². The van der Waals surface area contributed by atoms with Gasteiger partial charge < -0.3 is 4.90 Å². The highest BCUT2D eigenvalue weighted by Gasteiger charge is 2.47. The van der Waals surface area contributed by atoms with Crippen molar-refractivity contribution in [2.75, 3.05) is 4.90 Å². The summed E-state index contributed by atoms with van der Waals surface area (Å²) in [6.45, 7) is 0. The zero-order chi connectivity index (χ0) is 16.0. The molecule has 2 heterocycles. The molecule has 1 saturated carbocycles. The molecule has 0 unspecified atom stereocenters. The van der Waals surface area contributed by atoms with Crippen LogP contribution in [0.25, 0.3) is 0 Å². The topological polar surface area (TPSA) is 20.3 Å². The molecule has 0 amide bonds. The van der Waals surface area contributed by atoms with Gasteiger partial charge >= 0.3 is 0 Å². The monoisotopic (exact) mass is 345 g/mol. The number of fused-ring (bicyclic) bond motifs is 3. The van der Waals surface area contributed by atoms with Crippen LogP contribution in [0.3, 0.4) is 0 Å². The first-order chi connectivity index (χ1) is 11.1. The van der Waals surface area contributed by atoms with Crippen LogP contribution in [0, 0.1) is 5.92 Å². The van der Waals surface area contributed by atoms with Crippen LogP contribution in [0.1, 0.15) is 30.9 Å². The van der Waals surface area contributed by atoms with Crippen molar-refractivity contribution >= 4 is 34.7 Å². The van der Waals surface area contributed by atoms with E-state index >= 15 is 0 Å². The molecule has 2 aliphatic heterocycles. The van der Waals surface area contributed by atoms with Crippen LogP contribution < -0.4 is 4.90 Å². The molecule has 2 saturated heterocycles. The summed E-state index contributed by atoms with van der Waals surface area (Å²) in [7, 11) is 0. The fraction of sp³-hybridized carbons (Fsp3) is 0.316. The predicted octanol–water partition coefficient (Wildman–Crippen LogP) is 5.29. The minimum Gasteiger partial charge on any atom is -0.360 e. The lowest BCUT2D eigenvalue weighted by molar-refractivity contribution is -0.128. The maximum absolute atomic E-state index is 12.5. The minimum absolute atomic E-state index is 0.0665. The average molecular weight is 346 g/mol. The van der Waals surface area contributed by atoms with Crippen molar-refractivity contribution < 1.29 is 4.79 Å². The zero-order valence-electron chi connectivity index (χ0n) is 12.6. The number of hydrogen-bond donors (Lipinski definition) is 0. The van der Waals surface area contributed by atoms with Crippen molar-refractivity contribution in [1.29, 1.82) is 0 Å². The van der Waals surface area contributed by atoms with Gasteiger partial charge in [-0.3, -0.25) is 4.79 Å². The normalized spacial score (nSPS) is 26.6. The number of Topliss-reactive ketones (excluding diaryl/α,β-unsaturated/α-hetero) is 1. The number of benzene rings is 2. The van der Waals surface area contributed by atoms with Crippen molar-refractivity contribution in [2.24, 2.45) is 5.92 Å². The van der Waals surface area contributed by atoms with Crippen LogP contribution in [-0.2, 0) is 4.79 Å². The van der Waals surface area contributed by atoms with Crippen molar-refractivity contribution in [3.8, 4) is 0 Å². The number of ketones is 1. The van der Waals surface area contributed by atoms with Gasteiger partial charge in [0.2, 0.25) is 0 Å². The zero-order valence-corrected chi connectivity index (χ0v) is 14.1. The Labute approximate surface area is 146 Å². The molecule has 0 N–H and O–H groups in total. The van der Waals surface area contributed by atoms with E-state index in [1.54, 1.807) is 0 Å². The molecular formula is C19H17Cl2NO. The lowest BCUT2D eigenvalue weighted by atomic mass is 9.71. The molecule has 3 fully saturated rings. The molecule has 118 valence electrons. The van der Waals surface area contributed by atoms with Gasteiger partial charge in [0.25, 0.3) is 0 Å². The Bertz CT molecular complexity index is 726. The third-order valence-corrected chi connectivity index (χ3v) is 5.58. The highest BCUT2D eigenvalue weighted by molar-refractivity contribution is 6.30. The first kappa shape index (κ1) is 15.0. The molecular weight excluding hydrogens is 329 g/mol. The van der Waals surface area contributed by atoms with Crippen molar-refractivity contribution in [1.82, 2.24) is 0 Å². The SMILES string of the molecule is O=C1C[C@@H]2CC[C@H]1[C@@H](c1ccc(Cl)cc1)N2c1ccc(Cl)cc1. The van der Waals surface area contributed by atoms with Crippen LogP contribution in [0.4, 0.5) is 5.69 Å². The van der Waals surface area contributed by atoms with Crippen molar-refractivity contribution in [3.05, 3.63) is 64.1 Å². The van der Waals surface area contributed by atoms with E-state index in [4.69, 9.17) is 23.2 Å². The van der Waals surface area contributed by atoms with Gasteiger partial charge in [0.05, 0.1) is 6.04 Å². The van der Waals surface area contributed by atoms with Gasteiger partial charge in [0.15, 0.2) is 0 Å². The highest BCUT2D eigenvalue weighted by Crippen LogP contribution is 2.48. The van der Waals surface area contributed by atoms with E-state index < -0.39 is 0 Å². The van der Waals surface area contributed by atoms with Gasteiger partial charge in [-0.15, -0.1) is 0 Å². The molecule has 1 aliphatic carbocycles. The lowest BCUT2D eigenvalue weighted by Gasteiger charge is -2.52. The van der Waals surface area contributed by atoms with Crippen LogP contribution in [0.2, 0.25) is 10.0 Å². The summed E-state index contributed by atoms with van der Waals surface area (Å²) in [5.41, 5.74) is 2.30. The molecule has 2 aromatic rings. The number of halogens is 2. The van der Waals surface area contributed by atoms with E-state index in [2.05, 4.69) is 17.0 Å². The quantitative estimate of drug-likeness (QED) is 0.736. The smallest absolute Gasteiger partial charge is 0.140 e. The van der Waals surface area contributed by atoms with E-state index in [0.717, 1.165) is 34.1 Å². The molecule has 0 aromatic heterocycles. The molecule has 2 aromatic carbocycles. The minimum atomic E-state index is 0.0665. The first-order valence-corrected chi connectivity index (χ1v) is 8.71. The summed E-state index contributed by atoms with van der Waals surface area (Å²) >= 11 is 12.1. The third kappa shape index (κ3) is 2.64. The van der Waals surface area contributed by atoms with Gasteiger partial charge in [-0.25, -0.2) is 0 Å². The largest absolute Gasteiger partial charge is 0.360 e. The standard InChI is InChI=1S/C19H17Cl2NO/c20-13-3-1-12(2-4-13)19-17-10-9-16(11-18(17)23)22(19)15-7-5-14(21)6-8-15/h1-8,16-17,19H,9-11H2/t16-,17+,19+/m0/s1. The molecule has 2 bridgehead atoms. The first-order valence-electron chi connectivity index (χ1n) is 7.95. The average Bonchev–Trinajstić information content (AvgIpc) is 2.56. The molecule has 23 heavy (non-hydrogen) atoms. The third-order valence-electron chi connectivity index (χ3n) is 5.07. The van der Waals surface area contributed by atoms with Crippen LogP contribution in [0.5, 0.6) is 0 Å². The molecule has 4 heteroatoms. The Morgan fingerprint density at radius 3 is 2.09 bits per heavy atom. The van der Waals surface area contributed by atoms with E-state index in [1.807, 2.05) is 36.4 Å². The molecule has 3 atom stereocenters. The van der Waals surface area contributed by atoms with Gasteiger partial charge in [-0.05, 0) is 54.8 Å². The molecule has 0 radical (unpaired) electrons. The summed E-state index contributed by atoms with van der Waals surface area (Å²) in [4.78, 5) is 14.9. The Hall–Kier alpha value is -1.51. The number of anilines is 1. The predicted molar refractivity (Wildman–Crippen MR) is 94.3 cm³/mol. The van der Waals surface area contributed by atoms with Crippen LogP contribution in [-0.4, -0.2) is 11.8 Å². The lowest BCUT2D eigenvalue weighted by Crippen LogP contribution is -2.54. The summed E-state index contributed by atoms with van der Waals surface area (Å²) in [6, 6.07) is 16.2. The molecule has 0 spiro atoms. The summed E-state index contributed by atoms with van der Waals surface area (Å²) in [5.74, 6) is 0.461. The fourth-order valence-electron chi connectivity index (χ4n) is 4.05. The Morgan fingerprint density at radius 2 is 1.48 bits per heavy atom. The maximum atomic E-state index is 12.5. The van der Waals surface area contributed by atoms with E-state index in [1.165, 1.54) is 0 Å². The second-order valence-electron chi connectivity index (χ2n) is 6.39. The van der Waals surface area contributed by atoms with Gasteiger partial charge in [0.1, 0.15) is 5.78 Å². The van der Waals surface area contributed by atoms with Gasteiger partial charge in [0, 0.05) is 34.1 Å². The summed E-state index contributed by atoms with van der Waals surface area (Å²) < 4.78 is 0.